The Morgan fingerprint density at radius 2 is 2.33 bits per heavy atom. The molecule has 0 aromatic heterocycles. The fourth-order valence-corrected chi connectivity index (χ4v) is 3.02. The third-order valence-electron chi connectivity index (χ3n) is 0.435. The Balaban J connectivity index is 2.46. The van der Waals surface area contributed by atoms with Crippen LogP contribution in [0.3, 0.4) is 0 Å². The third-order valence-corrected chi connectivity index (χ3v) is 4.23. The van der Waals surface area contributed by atoms with Gasteiger partial charge in [-0.1, -0.05) is 0 Å². The van der Waals surface area contributed by atoms with Crippen molar-refractivity contribution in [3.05, 3.63) is 21.7 Å². The molecule has 0 fully saturated rings. The second-order valence-electron chi connectivity index (χ2n) is 0.850. The molecule has 1 heterocycles. The van der Waals surface area contributed by atoms with Crippen LogP contribution in [0, 0.1) is 0 Å². The zero-order chi connectivity index (χ0) is 4.24. The molecule has 0 unspecified atom stereocenters. The summed E-state index contributed by atoms with van der Waals surface area (Å²) in [5, 5.41) is 2.16. The van der Waals surface area contributed by atoms with Gasteiger partial charge in [0.05, 0.1) is 0 Å². The zero-order valence-corrected chi connectivity index (χ0v) is 6.27. The van der Waals surface area contributed by atoms with Crippen LogP contribution in [0.4, 0.5) is 0 Å². The summed E-state index contributed by atoms with van der Waals surface area (Å²) in [6.45, 7) is 0. The van der Waals surface area contributed by atoms with Crippen molar-refractivity contribution < 1.29 is 0 Å². The average Bonchev–Trinajstić information content (AvgIpc) is 1.72. The summed E-state index contributed by atoms with van der Waals surface area (Å²) in [6, 6.07) is 0. The predicted octanol–water partition coefficient (Wildman–Crippen LogP) is 1.38. The second-order valence-corrected chi connectivity index (χ2v) is 5.58. The first-order chi connectivity index (χ1) is 3.00. The van der Waals surface area contributed by atoms with Crippen LogP contribution in [0.15, 0.2) is 21.7 Å². The third kappa shape index (κ3) is 1.38. The van der Waals surface area contributed by atoms with E-state index < -0.39 is 0 Å². The summed E-state index contributed by atoms with van der Waals surface area (Å²) in [4.78, 5) is 0. The Morgan fingerprint density at radius 1 is 1.33 bits per heavy atom. The molecule has 2 heteroatoms. The van der Waals surface area contributed by atoms with Crippen molar-refractivity contribution in [2.24, 2.45) is 0 Å². The summed E-state index contributed by atoms with van der Waals surface area (Å²) in [7, 11) is 1.96. The summed E-state index contributed by atoms with van der Waals surface area (Å²) in [5.74, 6) is 0. The van der Waals surface area contributed by atoms with Crippen molar-refractivity contribution in [3.8, 4) is 0 Å². The molecular formula is C4H4STe. The van der Waals surface area contributed by atoms with E-state index in [9.17, 15) is 0 Å². The SMILES string of the molecule is C1=CS[Te]C=C1. The molecule has 0 bridgehead atoms. The van der Waals surface area contributed by atoms with E-state index in [0.29, 0.717) is 0 Å². The first-order valence-electron chi connectivity index (χ1n) is 1.64. The van der Waals surface area contributed by atoms with Crippen LogP contribution in [0.1, 0.15) is 0 Å². The van der Waals surface area contributed by atoms with Gasteiger partial charge < -0.3 is 0 Å². The van der Waals surface area contributed by atoms with Crippen LogP contribution >= 0.6 is 8.99 Å². The summed E-state index contributed by atoms with van der Waals surface area (Å²) >= 11 is 0.221. The second kappa shape index (κ2) is 2.74. The molecule has 0 N–H and O–H groups in total. The van der Waals surface area contributed by atoms with Crippen LogP contribution < -0.4 is 0 Å². The van der Waals surface area contributed by atoms with Gasteiger partial charge in [-0.25, -0.2) is 0 Å². The van der Waals surface area contributed by atoms with Crippen LogP contribution in [-0.4, -0.2) is 19.5 Å². The molecule has 0 atom stereocenters. The van der Waals surface area contributed by atoms with E-state index in [1.165, 1.54) is 0 Å². The molecule has 0 aromatic carbocycles. The Bertz CT molecular complexity index is 73.5. The molecule has 0 saturated heterocycles. The minimum absolute atomic E-state index is 0.221. The first kappa shape index (κ1) is 4.77. The Kier molecular flexibility index (Phi) is 2.18. The van der Waals surface area contributed by atoms with Crippen molar-refractivity contribution in [2.45, 2.75) is 0 Å². The standard InChI is InChI=1S/C4H4STe/c1-2-4-6-5-3-1/h1-4H. The quantitative estimate of drug-likeness (QED) is 0.546. The van der Waals surface area contributed by atoms with Crippen LogP contribution in [0.2, 0.25) is 0 Å². The van der Waals surface area contributed by atoms with E-state index in [-0.39, 0.29) is 19.5 Å². The van der Waals surface area contributed by atoms with Crippen molar-refractivity contribution in [1.29, 1.82) is 0 Å². The Hall–Kier alpha value is 0.620. The fraction of sp³-hybridized carbons (Fsp3) is 0. The van der Waals surface area contributed by atoms with Crippen molar-refractivity contribution in [1.82, 2.24) is 0 Å². The van der Waals surface area contributed by atoms with Gasteiger partial charge in [0, 0.05) is 0 Å². The molecule has 0 amide bonds. The molecule has 6 heavy (non-hydrogen) atoms. The van der Waals surface area contributed by atoms with Gasteiger partial charge in [-0.3, -0.25) is 0 Å². The molecule has 1 rings (SSSR count). The van der Waals surface area contributed by atoms with E-state index in [1.807, 2.05) is 8.99 Å². The molecule has 0 nitrogen and oxygen atoms in total. The molecule has 1 aliphatic heterocycles. The fourth-order valence-electron chi connectivity index (χ4n) is 0.219. The normalized spacial score (nSPS) is 18.7. The van der Waals surface area contributed by atoms with Gasteiger partial charge >= 0.3 is 50.2 Å². The molecule has 0 spiro atoms. The molecule has 0 saturated carbocycles. The predicted molar refractivity (Wildman–Crippen MR) is 31.6 cm³/mol. The number of hydrogen-bond donors (Lipinski definition) is 0. The molecule has 0 aliphatic carbocycles. The average molecular weight is 212 g/mol. The summed E-state index contributed by atoms with van der Waals surface area (Å²) in [6.07, 6.45) is 4.21. The first-order valence-corrected chi connectivity index (χ1v) is 6.64. The van der Waals surface area contributed by atoms with E-state index >= 15 is 0 Å². The monoisotopic (exact) mass is 214 g/mol. The number of allylic oxidation sites excluding steroid dienone is 2. The summed E-state index contributed by atoms with van der Waals surface area (Å²) < 4.78 is 2.27. The van der Waals surface area contributed by atoms with Gasteiger partial charge in [-0.15, -0.1) is 0 Å². The van der Waals surface area contributed by atoms with Gasteiger partial charge in [0.2, 0.25) is 0 Å². The topological polar surface area (TPSA) is 0 Å². The number of rotatable bonds is 0. The Labute approximate surface area is 50.2 Å². The molecule has 0 radical (unpaired) electrons. The molecule has 0 aromatic rings. The zero-order valence-electron chi connectivity index (χ0n) is 3.13. The molecular weight excluding hydrogens is 208 g/mol. The van der Waals surface area contributed by atoms with Crippen molar-refractivity contribution in [2.75, 3.05) is 0 Å². The molecule has 1 aliphatic rings. The van der Waals surface area contributed by atoms with E-state index in [4.69, 9.17) is 0 Å². The van der Waals surface area contributed by atoms with Gasteiger partial charge in [0.25, 0.3) is 0 Å². The van der Waals surface area contributed by atoms with Crippen molar-refractivity contribution >= 4 is 28.5 Å². The maximum atomic E-state index is 2.27. The van der Waals surface area contributed by atoms with E-state index in [0.717, 1.165) is 0 Å². The van der Waals surface area contributed by atoms with Crippen LogP contribution in [0.5, 0.6) is 0 Å². The van der Waals surface area contributed by atoms with Crippen molar-refractivity contribution in [3.63, 3.8) is 0 Å². The minimum atomic E-state index is 0.221. The van der Waals surface area contributed by atoms with E-state index in [1.54, 1.807) is 0 Å². The summed E-state index contributed by atoms with van der Waals surface area (Å²) in [5.41, 5.74) is 0. The van der Waals surface area contributed by atoms with Gasteiger partial charge in [-0.05, 0) is 0 Å². The van der Waals surface area contributed by atoms with Gasteiger partial charge in [-0.2, -0.15) is 0 Å². The van der Waals surface area contributed by atoms with Gasteiger partial charge in [0.1, 0.15) is 0 Å². The Morgan fingerprint density at radius 3 is 2.50 bits per heavy atom. The van der Waals surface area contributed by atoms with Gasteiger partial charge in [0.15, 0.2) is 0 Å². The van der Waals surface area contributed by atoms with Crippen LogP contribution in [0.25, 0.3) is 0 Å². The van der Waals surface area contributed by atoms with Crippen LogP contribution in [-0.2, 0) is 0 Å². The van der Waals surface area contributed by atoms with E-state index in [2.05, 4.69) is 21.7 Å². The molecule has 32 valence electrons. The maximum absolute atomic E-state index is 2.27. The number of hydrogen-bond acceptors (Lipinski definition) is 1.